The molecule has 2 aromatic carbocycles. The average molecular weight is 485 g/mol. The first kappa shape index (κ1) is 27.1. The zero-order chi connectivity index (χ0) is 25.1. The van der Waals surface area contributed by atoms with Crippen molar-refractivity contribution >= 4 is 18.7 Å². The van der Waals surface area contributed by atoms with Crippen molar-refractivity contribution in [2.24, 2.45) is 17.8 Å². The molecule has 1 saturated heterocycles. The smallest absolute Gasteiger partial charge is 0.261 e. The van der Waals surface area contributed by atoms with Crippen LogP contribution in [-0.2, 0) is 13.9 Å². The van der Waals surface area contributed by atoms with Gasteiger partial charge in [0.2, 0.25) is 0 Å². The van der Waals surface area contributed by atoms with Gasteiger partial charge in [-0.25, -0.2) is 0 Å². The van der Waals surface area contributed by atoms with Crippen molar-refractivity contribution < 1.29 is 19.0 Å². The fraction of sp³-hybridized carbons (Fsp3) is 0.586. The third kappa shape index (κ3) is 5.49. The van der Waals surface area contributed by atoms with E-state index in [4.69, 9.17) is 13.9 Å². The Morgan fingerprint density at radius 1 is 0.882 bits per heavy atom. The van der Waals surface area contributed by atoms with Gasteiger partial charge in [-0.15, -0.1) is 0 Å². The largest absolute Gasteiger partial charge is 0.407 e. The Morgan fingerprint density at radius 3 is 1.74 bits per heavy atom. The lowest BCUT2D eigenvalue weighted by Crippen LogP contribution is -2.67. The van der Waals surface area contributed by atoms with E-state index < -0.39 is 14.1 Å². The van der Waals surface area contributed by atoms with Gasteiger partial charge in [0.05, 0.1) is 12.2 Å². The summed E-state index contributed by atoms with van der Waals surface area (Å²) in [5.41, 5.74) is 0. The van der Waals surface area contributed by atoms with E-state index in [-0.39, 0.29) is 41.6 Å². The molecule has 34 heavy (non-hydrogen) atoms. The van der Waals surface area contributed by atoms with E-state index in [9.17, 15) is 5.11 Å². The van der Waals surface area contributed by atoms with Crippen molar-refractivity contribution in [3.8, 4) is 0 Å². The Kier molecular flexibility index (Phi) is 8.47. The molecule has 188 valence electrons. The molecule has 5 atom stereocenters. The summed E-state index contributed by atoms with van der Waals surface area (Å²) >= 11 is 0. The van der Waals surface area contributed by atoms with Crippen LogP contribution in [0.4, 0.5) is 0 Å². The summed E-state index contributed by atoms with van der Waals surface area (Å²) in [6.45, 7) is 18.0. The van der Waals surface area contributed by atoms with Crippen LogP contribution in [0.5, 0.6) is 0 Å². The molecule has 0 aliphatic carbocycles. The minimum atomic E-state index is -2.61. The fourth-order valence-electron chi connectivity index (χ4n) is 5.57. The lowest BCUT2D eigenvalue weighted by molar-refractivity contribution is -0.336. The SMILES string of the molecule is C[C@H]1[C@H]([C@@H](C)CO)OC(C)(C)O[C@@H]1[C@H](C)CO[Si](c1ccccc1)(c1ccccc1)C(C)(C)C. The molecule has 1 aliphatic rings. The first-order valence-corrected chi connectivity index (χ1v) is 14.6. The standard InChI is InChI=1S/C29H44O4Si/c1-21(19-30)26-23(3)27(33-29(7,8)32-26)22(2)20-31-34(28(4,5)6,24-15-11-9-12-16-24)25-17-13-10-14-18-25/h9-18,21-23,26-27,30H,19-20H2,1-8H3/t21-,22+,23-,26-,27+/m0/s1. The molecule has 0 saturated carbocycles. The number of ether oxygens (including phenoxy) is 2. The second kappa shape index (κ2) is 10.6. The van der Waals surface area contributed by atoms with Gasteiger partial charge in [0.1, 0.15) is 0 Å². The molecule has 0 aromatic heterocycles. The zero-order valence-electron chi connectivity index (χ0n) is 22.2. The molecule has 1 heterocycles. The second-order valence-corrected chi connectivity index (χ2v) is 15.8. The van der Waals surface area contributed by atoms with Crippen molar-refractivity contribution in [3.05, 3.63) is 60.7 Å². The van der Waals surface area contributed by atoms with Crippen LogP contribution >= 0.6 is 0 Å². The molecule has 1 N–H and O–H groups in total. The van der Waals surface area contributed by atoms with Gasteiger partial charge in [-0.3, -0.25) is 0 Å². The molecule has 1 fully saturated rings. The van der Waals surface area contributed by atoms with Crippen LogP contribution in [0, 0.1) is 17.8 Å². The summed E-state index contributed by atoms with van der Waals surface area (Å²) in [5.74, 6) is -0.344. The van der Waals surface area contributed by atoms with Crippen LogP contribution < -0.4 is 10.4 Å². The highest BCUT2D eigenvalue weighted by atomic mass is 28.4. The van der Waals surface area contributed by atoms with Crippen molar-refractivity contribution in [1.29, 1.82) is 0 Å². The summed E-state index contributed by atoms with van der Waals surface area (Å²) in [6, 6.07) is 21.5. The topological polar surface area (TPSA) is 47.9 Å². The summed E-state index contributed by atoms with van der Waals surface area (Å²) in [4.78, 5) is 0. The molecule has 3 rings (SSSR count). The van der Waals surface area contributed by atoms with E-state index >= 15 is 0 Å². The van der Waals surface area contributed by atoms with Crippen LogP contribution in [0.2, 0.25) is 5.04 Å². The maximum Gasteiger partial charge on any atom is 0.261 e. The molecule has 2 aromatic rings. The Labute approximate surface area is 207 Å². The summed E-state index contributed by atoms with van der Waals surface area (Å²) < 4.78 is 19.9. The summed E-state index contributed by atoms with van der Waals surface area (Å²) in [5, 5.41) is 12.3. The number of benzene rings is 2. The monoisotopic (exact) mass is 484 g/mol. The molecule has 0 unspecified atom stereocenters. The predicted octanol–water partition coefficient (Wildman–Crippen LogP) is 4.98. The van der Waals surface area contributed by atoms with Gasteiger partial charge in [0.15, 0.2) is 5.79 Å². The van der Waals surface area contributed by atoms with Crippen molar-refractivity contribution in [3.63, 3.8) is 0 Å². The van der Waals surface area contributed by atoms with E-state index in [0.29, 0.717) is 6.61 Å². The van der Waals surface area contributed by atoms with Gasteiger partial charge in [0, 0.05) is 31.0 Å². The lowest BCUT2D eigenvalue weighted by Gasteiger charge is -2.49. The van der Waals surface area contributed by atoms with Crippen molar-refractivity contribution in [2.45, 2.75) is 78.4 Å². The second-order valence-electron chi connectivity index (χ2n) is 11.5. The minimum Gasteiger partial charge on any atom is -0.407 e. The van der Waals surface area contributed by atoms with Crippen LogP contribution in [0.15, 0.2) is 60.7 Å². The molecular weight excluding hydrogens is 440 g/mol. The highest BCUT2D eigenvalue weighted by Crippen LogP contribution is 2.40. The Hall–Kier alpha value is -1.50. The summed E-state index contributed by atoms with van der Waals surface area (Å²) in [7, 11) is -2.61. The number of hydrogen-bond acceptors (Lipinski definition) is 4. The van der Waals surface area contributed by atoms with Gasteiger partial charge in [-0.05, 0) is 29.3 Å². The molecule has 0 radical (unpaired) electrons. The lowest BCUT2D eigenvalue weighted by atomic mass is 9.83. The first-order valence-electron chi connectivity index (χ1n) is 12.6. The van der Waals surface area contributed by atoms with Crippen LogP contribution in [0.25, 0.3) is 0 Å². The molecule has 0 amide bonds. The Morgan fingerprint density at radius 2 is 1.32 bits per heavy atom. The van der Waals surface area contributed by atoms with E-state index in [1.165, 1.54) is 10.4 Å². The van der Waals surface area contributed by atoms with E-state index in [0.717, 1.165) is 0 Å². The molecule has 0 spiro atoms. The van der Waals surface area contributed by atoms with Gasteiger partial charge >= 0.3 is 0 Å². The number of aliphatic hydroxyl groups is 1. The Bertz CT molecular complexity index is 854. The third-order valence-corrected chi connectivity index (χ3v) is 12.3. The highest BCUT2D eigenvalue weighted by molar-refractivity contribution is 6.99. The maximum atomic E-state index is 9.81. The first-order chi connectivity index (χ1) is 15.9. The van der Waals surface area contributed by atoms with Crippen molar-refractivity contribution in [2.75, 3.05) is 13.2 Å². The maximum absolute atomic E-state index is 9.81. The fourth-order valence-corrected chi connectivity index (χ4v) is 10.2. The minimum absolute atomic E-state index is 0.0269. The van der Waals surface area contributed by atoms with Gasteiger partial charge in [0.25, 0.3) is 8.32 Å². The van der Waals surface area contributed by atoms with Gasteiger partial charge in [-0.1, -0.05) is 102 Å². The van der Waals surface area contributed by atoms with Gasteiger partial charge < -0.3 is 19.0 Å². The predicted molar refractivity (Wildman–Crippen MR) is 142 cm³/mol. The molecule has 5 heteroatoms. The zero-order valence-corrected chi connectivity index (χ0v) is 23.2. The van der Waals surface area contributed by atoms with Crippen molar-refractivity contribution in [1.82, 2.24) is 0 Å². The van der Waals surface area contributed by atoms with Crippen LogP contribution in [0.3, 0.4) is 0 Å². The quantitative estimate of drug-likeness (QED) is 0.537. The number of hydrogen-bond donors (Lipinski definition) is 1. The normalized spacial score (nSPS) is 25.0. The highest BCUT2D eigenvalue weighted by Gasteiger charge is 2.51. The Balaban J connectivity index is 1.95. The van der Waals surface area contributed by atoms with Crippen LogP contribution in [0.1, 0.15) is 55.4 Å². The number of rotatable bonds is 8. The van der Waals surface area contributed by atoms with E-state index in [1.54, 1.807) is 0 Å². The average Bonchev–Trinajstić information content (AvgIpc) is 2.80. The molecule has 1 aliphatic heterocycles. The molecule has 4 nitrogen and oxygen atoms in total. The summed E-state index contributed by atoms with van der Waals surface area (Å²) in [6.07, 6.45) is -0.0879. The third-order valence-electron chi connectivity index (χ3n) is 7.27. The van der Waals surface area contributed by atoms with E-state index in [2.05, 4.69) is 95.3 Å². The molecular formula is C29H44O4Si. The van der Waals surface area contributed by atoms with Gasteiger partial charge in [-0.2, -0.15) is 0 Å². The van der Waals surface area contributed by atoms with E-state index in [1.807, 2.05) is 20.8 Å². The number of aliphatic hydroxyl groups excluding tert-OH is 1. The molecule has 0 bridgehead atoms. The van der Waals surface area contributed by atoms with Crippen LogP contribution in [-0.4, -0.2) is 44.6 Å².